The highest BCUT2D eigenvalue weighted by molar-refractivity contribution is 5.88. The van der Waals surface area contributed by atoms with Crippen molar-refractivity contribution in [1.82, 2.24) is 4.57 Å². The van der Waals surface area contributed by atoms with E-state index >= 15 is 0 Å². The van der Waals surface area contributed by atoms with Crippen LogP contribution < -0.4 is 21.5 Å². The highest BCUT2D eigenvalue weighted by Gasteiger charge is 1.99. The molecule has 0 aliphatic carbocycles. The highest BCUT2D eigenvalue weighted by Crippen LogP contribution is 2.10. The van der Waals surface area contributed by atoms with Crippen LogP contribution in [0.3, 0.4) is 0 Å². The molecule has 0 atom stereocenters. The fourth-order valence-corrected chi connectivity index (χ4v) is 2.57. The molecule has 0 unspecified atom stereocenters. The second kappa shape index (κ2) is 13.7. The topological polar surface area (TPSA) is 25.9 Å². The number of aryl methyl sites for hydroxylation is 2. The van der Waals surface area contributed by atoms with E-state index in [1.807, 2.05) is 0 Å². The first-order chi connectivity index (χ1) is 10.2. The second-order valence-electron chi connectivity index (χ2n) is 5.92. The fourth-order valence-electron chi connectivity index (χ4n) is 2.57. The second-order valence-corrected chi connectivity index (χ2v) is 5.92. The van der Waals surface area contributed by atoms with Gasteiger partial charge in [-0.2, -0.15) is 0 Å². The normalized spacial score (nSPS) is 10.2. The number of ketones is 1. The summed E-state index contributed by atoms with van der Waals surface area (Å²) in [4.78, 5) is 11.0. The Hall–Kier alpha value is -0.900. The number of hydrogen-bond donors (Lipinski definition) is 0. The summed E-state index contributed by atoms with van der Waals surface area (Å²) >= 11 is 0. The predicted octanol–water partition coefficient (Wildman–Crippen LogP) is 0.973. The van der Waals surface area contributed by atoms with Crippen molar-refractivity contribution in [3.8, 4) is 0 Å². The molecule has 1 heterocycles. The van der Waals surface area contributed by atoms with E-state index in [1.54, 1.807) is 0 Å². The van der Waals surface area contributed by atoms with Gasteiger partial charge in [-0.3, -0.25) is 4.79 Å². The van der Waals surface area contributed by atoms with Crippen LogP contribution in [0.15, 0.2) is 31.4 Å². The Morgan fingerprint density at radius 1 is 1.05 bits per heavy atom. The number of carbonyl (C=O) groups is 1. The Balaban J connectivity index is 0.00000441. The molecule has 0 saturated heterocycles. The summed E-state index contributed by atoms with van der Waals surface area (Å²) in [5, 5.41) is 0. The van der Waals surface area contributed by atoms with E-state index in [4.69, 9.17) is 0 Å². The Kier molecular flexibility index (Phi) is 13.2. The number of rotatable bonds is 13. The van der Waals surface area contributed by atoms with Gasteiger partial charge in [-0.1, -0.05) is 45.1 Å². The molecule has 4 heteroatoms. The third kappa shape index (κ3) is 10.8. The molecule has 0 saturated carbocycles. The van der Waals surface area contributed by atoms with E-state index in [0.29, 0.717) is 6.42 Å². The van der Waals surface area contributed by atoms with Gasteiger partial charge in [0.05, 0.1) is 13.6 Å². The van der Waals surface area contributed by atoms with Crippen LogP contribution in [0.2, 0.25) is 0 Å². The van der Waals surface area contributed by atoms with Crippen molar-refractivity contribution in [2.75, 3.05) is 0 Å². The first-order valence-corrected chi connectivity index (χ1v) is 8.38. The molecule has 0 N–H and O–H groups in total. The van der Waals surface area contributed by atoms with E-state index in [2.05, 4.69) is 41.5 Å². The van der Waals surface area contributed by atoms with Gasteiger partial charge in [-0.15, -0.1) is 0 Å². The van der Waals surface area contributed by atoms with Crippen LogP contribution in [0.5, 0.6) is 0 Å². The predicted molar refractivity (Wildman–Crippen MR) is 87.0 cm³/mol. The van der Waals surface area contributed by atoms with Gasteiger partial charge in [0.1, 0.15) is 12.4 Å². The molecule has 0 radical (unpaired) electrons. The van der Waals surface area contributed by atoms with E-state index in [9.17, 15) is 4.79 Å². The molecule has 0 aliphatic heterocycles. The summed E-state index contributed by atoms with van der Waals surface area (Å²) < 4.78 is 4.34. The Labute approximate surface area is 146 Å². The Morgan fingerprint density at radius 3 is 2.09 bits per heavy atom. The first kappa shape index (κ1) is 21.1. The van der Waals surface area contributed by atoms with Crippen molar-refractivity contribution < 1.29 is 26.3 Å². The molecule has 1 rings (SSSR count). The standard InChI is InChI=1S/C18H31N2O.BrH/c1-3-18(21)13-11-9-7-5-4-6-8-10-12-14-20-16-15-19(2)17-20;/h3,15-17H,1,4-14H2,2H3;1H/q+1;/p-1. The van der Waals surface area contributed by atoms with Crippen molar-refractivity contribution in [2.45, 2.75) is 70.8 Å². The molecule has 22 heavy (non-hydrogen) atoms. The van der Waals surface area contributed by atoms with Crippen LogP contribution in [0.4, 0.5) is 0 Å². The van der Waals surface area contributed by atoms with Crippen molar-refractivity contribution in [1.29, 1.82) is 0 Å². The third-order valence-corrected chi connectivity index (χ3v) is 3.89. The lowest BCUT2D eigenvalue weighted by Crippen LogP contribution is -3.00. The number of halogens is 1. The van der Waals surface area contributed by atoms with Crippen molar-refractivity contribution in [3.63, 3.8) is 0 Å². The Morgan fingerprint density at radius 2 is 1.59 bits per heavy atom. The highest BCUT2D eigenvalue weighted by atomic mass is 79.9. The zero-order chi connectivity index (χ0) is 15.3. The number of allylic oxidation sites excluding steroid dienone is 1. The van der Waals surface area contributed by atoms with Crippen LogP contribution in [-0.2, 0) is 18.4 Å². The zero-order valence-electron chi connectivity index (χ0n) is 14.0. The van der Waals surface area contributed by atoms with Crippen molar-refractivity contribution >= 4 is 5.78 Å². The molecule has 0 amide bonds. The van der Waals surface area contributed by atoms with Gasteiger partial charge >= 0.3 is 0 Å². The van der Waals surface area contributed by atoms with Gasteiger partial charge in [0, 0.05) is 6.42 Å². The van der Waals surface area contributed by atoms with E-state index in [-0.39, 0.29) is 22.8 Å². The smallest absolute Gasteiger partial charge is 0.243 e. The van der Waals surface area contributed by atoms with Gasteiger partial charge < -0.3 is 17.0 Å². The minimum absolute atomic E-state index is 0. The van der Waals surface area contributed by atoms with Gasteiger partial charge in [0.15, 0.2) is 5.78 Å². The lowest BCUT2D eigenvalue weighted by Gasteiger charge is -2.02. The van der Waals surface area contributed by atoms with Crippen LogP contribution >= 0.6 is 0 Å². The van der Waals surface area contributed by atoms with E-state index in [1.165, 1.54) is 57.4 Å². The lowest BCUT2D eigenvalue weighted by atomic mass is 10.1. The maximum atomic E-state index is 11.0. The quantitative estimate of drug-likeness (QED) is 0.288. The van der Waals surface area contributed by atoms with Crippen LogP contribution in [-0.4, -0.2) is 10.4 Å². The van der Waals surface area contributed by atoms with Gasteiger partial charge in [0.25, 0.3) is 0 Å². The number of imidazole rings is 1. The summed E-state index contributed by atoms with van der Waals surface area (Å²) in [6, 6.07) is 0. The van der Waals surface area contributed by atoms with Gasteiger partial charge in [0.2, 0.25) is 6.33 Å². The van der Waals surface area contributed by atoms with Gasteiger partial charge in [-0.25, -0.2) is 9.13 Å². The number of nitrogens with zero attached hydrogens (tertiary/aromatic N) is 2. The number of carbonyl (C=O) groups excluding carboxylic acids is 1. The minimum Gasteiger partial charge on any atom is -1.00 e. The molecular weight excluding hydrogens is 340 g/mol. The monoisotopic (exact) mass is 370 g/mol. The van der Waals surface area contributed by atoms with Crippen LogP contribution in [0, 0.1) is 0 Å². The fraction of sp³-hybridized carbons (Fsp3) is 0.667. The molecule has 0 aromatic carbocycles. The average molecular weight is 371 g/mol. The summed E-state index contributed by atoms with van der Waals surface area (Å²) in [6.07, 6.45) is 19.9. The summed E-state index contributed by atoms with van der Waals surface area (Å²) in [7, 11) is 2.06. The SMILES string of the molecule is C=CC(=O)CCCCCCCCCCC[n+]1ccn(C)c1.[Br-]. The van der Waals surface area contributed by atoms with E-state index < -0.39 is 0 Å². The molecule has 0 bridgehead atoms. The molecule has 0 fully saturated rings. The summed E-state index contributed by atoms with van der Waals surface area (Å²) in [6.45, 7) is 4.63. The maximum Gasteiger partial charge on any atom is 0.243 e. The average Bonchev–Trinajstić information content (AvgIpc) is 2.90. The zero-order valence-corrected chi connectivity index (χ0v) is 15.6. The Bertz CT molecular complexity index is 415. The molecule has 1 aromatic rings. The lowest BCUT2D eigenvalue weighted by molar-refractivity contribution is -0.696. The molecule has 1 aromatic heterocycles. The molecule has 126 valence electrons. The molecular formula is C18H31BrN2O. The molecule has 0 spiro atoms. The summed E-state index contributed by atoms with van der Waals surface area (Å²) in [5.41, 5.74) is 0. The van der Waals surface area contributed by atoms with E-state index in [0.717, 1.165) is 13.0 Å². The molecule has 0 aliphatic rings. The van der Waals surface area contributed by atoms with Crippen LogP contribution in [0.1, 0.15) is 64.2 Å². The number of unbranched alkanes of at least 4 members (excludes halogenated alkanes) is 8. The summed E-state index contributed by atoms with van der Waals surface area (Å²) in [5.74, 6) is 0.186. The number of aromatic nitrogens is 2. The first-order valence-electron chi connectivity index (χ1n) is 8.38. The maximum absolute atomic E-state index is 11.0. The van der Waals surface area contributed by atoms with Gasteiger partial charge in [-0.05, 0) is 25.3 Å². The van der Waals surface area contributed by atoms with Crippen LogP contribution in [0.25, 0.3) is 0 Å². The largest absolute Gasteiger partial charge is 1.00 e. The molecule has 3 nitrogen and oxygen atoms in total. The number of hydrogen-bond acceptors (Lipinski definition) is 1. The third-order valence-electron chi connectivity index (χ3n) is 3.89. The minimum atomic E-state index is 0. The van der Waals surface area contributed by atoms with Crippen molar-refractivity contribution in [3.05, 3.63) is 31.4 Å². The van der Waals surface area contributed by atoms with Crippen molar-refractivity contribution in [2.24, 2.45) is 7.05 Å².